The number of amides is 1. The lowest BCUT2D eigenvalue weighted by Crippen LogP contribution is -2.42. The molecule has 1 fully saturated rings. The van der Waals surface area contributed by atoms with Gasteiger partial charge < -0.3 is 5.32 Å². The van der Waals surface area contributed by atoms with Gasteiger partial charge >= 0.3 is 0 Å². The average Bonchev–Trinajstić information content (AvgIpc) is 3.38. The van der Waals surface area contributed by atoms with Crippen LogP contribution in [0.15, 0.2) is 66.1 Å². The highest BCUT2D eigenvalue weighted by Crippen LogP contribution is 2.25. The van der Waals surface area contributed by atoms with Gasteiger partial charge in [-0.1, -0.05) is 38.1 Å². The molecule has 9 heteroatoms. The second-order valence-corrected chi connectivity index (χ2v) is 10.6. The lowest BCUT2D eigenvalue weighted by molar-refractivity contribution is -0.126. The minimum Gasteiger partial charge on any atom is -0.352 e. The maximum Gasteiger partial charge on any atom is 0.243 e. The number of hydrogen-bond acceptors (Lipinski definition) is 5. The standard InChI is InChI=1S/C24H29N5O3S/c1-18(2)20-5-9-23(10-6-20)33(31,32)28-13-11-21(12-14-28)24(30)26-15-19-3-7-22(8-4-19)29-17-25-16-27-29/h3-10,16-18,21H,11-15H2,1-2H3,(H,26,30). The summed E-state index contributed by atoms with van der Waals surface area (Å²) in [6.45, 7) is 5.27. The van der Waals surface area contributed by atoms with Crippen molar-refractivity contribution in [1.82, 2.24) is 24.4 Å². The quantitative estimate of drug-likeness (QED) is 0.576. The highest BCUT2D eigenvalue weighted by Gasteiger charge is 2.32. The highest BCUT2D eigenvalue weighted by molar-refractivity contribution is 7.89. The lowest BCUT2D eigenvalue weighted by Gasteiger charge is -2.30. The van der Waals surface area contributed by atoms with Crippen molar-refractivity contribution in [2.75, 3.05) is 13.1 Å². The summed E-state index contributed by atoms with van der Waals surface area (Å²) in [4.78, 5) is 16.9. The van der Waals surface area contributed by atoms with E-state index >= 15 is 0 Å². The molecule has 0 unspecified atom stereocenters. The molecule has 0 aliphatic carbocycles. The van der Waals surface area contributed by atoms with Gasteiger partial charge in [0, 0.05) is 25.6 Å². The summed E-state index contributed by atoms with van der Waals surface area (Å²) in [5, 5.41) is 7.08. The first-order valence-corrected chi connectivity index (χ1v) is 12.6. The van der Waals surface area contributed by atoms with Gasteiger partial charge in [0.05, 0.1) is 10.6 Å². The maximum absolute atomic E-state index is 13.0. The summed E-state index contributed by atoms with van der Waals surface area (Å²) in [5.41, 5.74) is 2.99. The molecule has 1 aliphatic heterocycles. The van der Waals surface area contributed by atoms with Gasteiger partial charge in [-0.25, -0.2) is 18.1 Å². The Morgan fingerprint density at radius 3 is 2.30 bits per heavy atom. The molecule has 1 amide bonds. The molecule has 2 aromatic carbocycles. The minimum absolute atomic E-state index is 0.0336. The largest absolute Gasteiger partial charge is 0.352 e. The Morgan fingerprint density at radius 2 is 1.73 bits per heavy atom. The van der Waals surface area contributed by atoms with E-state index in [1.54, 1.807) is 23.1 Å². The molecule has 1 N–H and O–H groups in total. The smallest absolute Gasteiger partial charge is 0.243 e. The van der Waals surface area contributed by atoms with Crippen LogP contribution in [0.25, 0.3) is 5.69 Å². The van der Waals surface area contributed by atoms with Crippen LogP contribution in [-0.2, 0) is 21.4 Å². The van der Waals surface area contributed by atoms with E-state index in [9.17, 15) is 13.2 Å². The zero-order chi connectivity index (χ0) is 23.4. The van der Waals surface area contributed by atoms with Crippen LogP contribution in [0.2, 0.25) is 0 Å². The number of nitrogens with one attached hydrogen (secondary N) is 1. The van der Waals surface area contributed by atoms with Crippen LogP contribution in [0.1, 0.15) is 43.7 Å². The van der Waals surface area contributed by atoms with Crippen LogP contribution in [0.4, 0.5) is 0 Å². The third kappa shape index (κ3) is 5.31. The molecule has 0 radical (unpaired) electrons. The fourth-order valence-electron chi connectivity index (χ4n) is 3.97. The molecule has 1 aromatic heterocycles. The van der Waals surface area contributed by atoms with Crippen LogP contribution >= 0.6 is 0 Å². The Kier molecular flexibility index (Phi) is 6.90. The molecular formula is C24H29N5O3S. The van der Waals surface area contributed by atoms with E-state index in [1.807, 2.05) is 36.4 Å². The van der Waals surface area contributed by atoms with Crippen molar-refractivity contribution < 1.29 is 13.2 Å². The van der Waals surface area contributed by atoms with E-state index in [1.165, 1.54) is 10.6 Å². The van der Waals surface area contributed by atoms with Crippen molar-refractivity contribution in [3.8, 4) is 5.69 Å². The second-order valence-electron chi connectivity index (χ2n) is 8.63. The van der Waals surface area contributed by atoms with Gasteiger partial charge in [-0.3, -0.25) is 4.79 Å². The number of carbonyl (C=O) groups is 1. The van der Waals surface area contributed by atoms with Gasteiger partial charge in [0.15, 0.2) is 0 Å². The average molecular weight is 468 g/mol. The number of sulfonamides is 1. The molecule has 1 saturated heterocycles. The Morgan fingerprint density at radius 1 is 1.06 bits per heavy atom. The second kappa shape index (κ2) is 9.84. The predicted molar refractivity (Wildman–Crippen MR) is 125 cm³/mol. The zero-order valence-corrected chi connectivity index (χ0v) is 19.7. The van der Waals surface area contributed by atoms with Crippen LogP contribution in [-0.4, -0.2) is 46.5 Å². The van der Waals surface area contributed by atoms with E-state index in [-0.39, 0.29) is 11.8 Å². The fraction of sp³-hybridized carbons (Fsp3) is 0.375. The highest BCUT2D eigenvalue weighted by atomic mass is 32.2. The molecule has 3 aromatic rings. The lowest BCUT2D eigenvalue weighted by atomic mass is 9.97. The Labute approximate surface area is 194 Å². The maximum atomic E-state index is 13.0. The van der Waals surface area contributed by atoms with Crippen molar-refractivity contribution >= 4 is 15.9 Å². The van der Waals surface area contributed by atoms with Crippen LogP contribution < -0.4 is 5.32 Å². The zero-order valence-electron chi connectivity index (χ0n) is 18.9. The van der Waals surface area contributed by atoms with Crippen molar-refractivity contribution in [3.63, 3.8) is 0 Å². The van der Waals surface area contributed by atoms with E-state index in [2.05, 4.69) is 29.2 Å². The third-order valence-electron chi connectivity index (χ3n) is 6.10. The monoisotopic (exact) mass is 467 g/mol. The van der Waals surface area contributed by atoms with Crippen molar-refractivity contribution in [2.24, 2.45) is 5.92 Å². The predicted octanol–water partition coefficient (Wildman–Crippen LogP) is 3.11. The van der Waals surface area contributed by atoms with Crippen molar-refractivity contribution in [3.05, 3.63) is 72.3 Å². The third-order valence-corrected chi connectivity index (χ3v) is 8.01. The van der Waals surface area contributed by atoms with Gasteiger partial charge in [0.25, 0.3) is 0 Å². The summed E-state index contributed by atoms with van der Waals surface area (Å²) in [7, 11) is -3.54. The van der Waals surface area contributed by atoms with Gasteiger partial charge in [0.2, 0.25) is 15.9 Å². The van der Waals surface area contributed by atoms with Crippen molar-refractivity contribution in [1.29, 1.82) is 0 Å². The SMILES string of the molecule is CC(C)c1ccc(S(=O)(=O)N2CCC(C(=O)NCc3ccc(-n4cncn4)cc3)CC2)cc1. The first-order chi connectivity index (χ1) is 15.8. The molecule has 2 heterocycles. The summed E-state index contributed by atoms with van der Waals surface area (Å²) < 4.78 is 29.1. The number of nitrogens with zero attached hydrogens (tertiary/aromatic N) is 4. The fourth-order valence-corrected chi connectivity index (χ4v) is 5.44. The van der Waals surface area contributed by atoms with Crippen LogP contribution in [0, 0.1) is 5.92 Å². The first-order valence-electron chi connectivity index (χ1n) is 11.2. The molecule has 0 saturated carbocycles. The molecule has 33 heavy (non-hydrogen) atoms. The van der Waals surface area contributed by atoms with Crippen LogP contribution in [0.3, 0.4) is 0 Å². The number of carbonyl (C=O) groups excluding carboxylic acids is 1. The number of hydrogen-bond donors (Lipinski definition) is 1. The number of piperidine rings is 1. The summed E-state index contributed by atoms with van der Waals surface area (Å²) in [5.74, 6) is 0.130. The molecule has 174 valence electrons. The minimum atomic E-state index is -3.54. The summed E-state index contributed by atoms with van der Waals surface area (Å²) in [6.07, 6.45) is 4.14. The van der Waals surface area contributed by atoms with E-state index in [0.717, 1.165) is 16.8 Å². The van der Waals surface area contributed by atoms with Crippen LogP contribution in [0.5, 0.6) is 0 Å². The van der Waals surface area contributed by atoms with Gasteiger partial charge in [-0.15, -0.1) is 0 Å². The van der Waals surface area contributed by atoms with E-state index in [4.69, 9.17) is 0 Å². The van der Waals surface area contributed by atoms with Gasteiger partial charge in [0.1, 0.15) is 12.7 Å². The van der Waals surface area contributed by atoms with Crippen molar-refractivity contribution in [2.45, 2.75) is 44.0 Å². The molecular weight excluding hydrogens is 438 g/mol. The molecule has 0 spiro atoms. The summed E-state index contributed by atoms with van der Waals surface area (Å²) in [6, 6.07) is 14.8. The Balaban J connectivity index is 1.28. The van der Waals surface area contributed by atoms with Gasteiger partial charge in [-0.2, -0.15) is 9.40 Å². The molecule has 1 aliphatic rings. The molecule has 0 bridgehead atoms. The Hall–Kier alpha value is -3.04. The first kappa shape index (κ1) is 23.1. The van der Waals surface area contributed by atoms with Gasteiger partial charge in [-0.05, 0) is 54.2 Å². The Bertz CT molecular complexity index is 1170. The molecule has 8 nitrogen and oxygen atoms in total. The normalized spacial score (nSPS) is 15.6. The number of aromatic nitrogens is 3. The van der Waals surface area contributed by atoms with E-state index < -0.39 is 10.0 Å². The topological polar surface area (TPSA) is 97.2 Å². The van der Waals surface area contributed by atoms with E-state index in [0.29, 0.717) is 43.3 Å². The number of rotatable bonds is 7. The molecule has 4 rings (SSSR count). The number of benzene rings is 2. The molecule has 0 atom stereocenters. The summed E-state index contributed by atoms with van der Waals surface area (Å²) >= 11 is 0.